The summed E-state index contributed by atoms with van der Waals surface area (Å²) in [7, 11) is 0. The fourth-order valence-corrected chi connectivity index (χ4v) is 6.03. The first-order chi connectivity index (χ1) is 17.9. The van der Waals surface area contributed by atoms with Crippen molar-refractivity contribution < 1.29 is 19.1 Å². The molecular weight excluding hydrogens is 460 g/mol. The summed E-state index contributed by atoms with van der Waals surface area (Å²) < 4.78 is 12.2. The van der Waals surface area contributed by atoms with Crippen LogP contribution in [-0.2, 0) is 24.5 Å². The lowest BCUT2D eigenvalue weighted by Crippen LogP contribution is -2.42. The first-order valence-electron chi connectivity index (χ1n) is 13.5. The van der Waals surface area contributed by atoms with Gasteiger partial charge in [0.25, 0.3) is 0 Å². The molecule has 2 saturated carbocycles. The van der Waals surface area contributed by atoms with Crippen molar-refractivity contribution in [2.45, 2.75) is 63.9 Å². The summed E-state index contributed by atoms with van der Waals surface area (Å²) in [5.41, 5.74) is 0.213. The predicted molar refractivity (Wildman–Crippen MR) is 144 cm³/mol. The van der Waals surface area contributed by atoms with Gasteiger partial charge in [-0.3, -0.25) is 9.59 Å². The first kappa shape index (κ1) is 25.3. The monoisotopic (exact) mass is 496 g/mol. The number of hydrogen-bond acceptors (Lipinski definition) is 4. The SMILES string of the molecule is CC1(C)CC1(COC(=O)C(c1ccccc1)(c1ccccc1)c1ccccc1)C(=O)OC1CCCCC1. The van der Waals surface area contributed by atoms with Crippen molar-refractivity contribution in [3.05, 3.63) is 108 Å². The lowest BCUT2D eigenvalue weighted by molar-refractivity contribution is -0.165. The van der Waals surface area contributed by atoms with E-state index in [4.69, 9.17) is 9.47 Å². The summed E-state index contributed by atoms with van der Waals surface area (Å²) >= 11 is 0. The number of carbonyl (C=O) groups is 2. The van der Waals surface area contributed by atoms with Crippen molar-refractivity contribution in [3.63, 3.8) is 0 Å². The molecule has 0 saturated heterocycles. The summed E-state index contributed by atoms with van der Waals surface area (Å²) in [6.45, 7) is 4.13. The van der Waals surface area contributed by atoms with Gasteiger partial charge >= 0.3 is 11.9 Å². The number of carbonyl (C=O) groups excluding carboxylic acids is 2. The van der Waals surface area contributed by atoms with Crippen LogP contribution in [0.1, 0.15) is 69.1 Å². The Kier molecular flexibility index (Phi) is 6.94. The molecule has 37 heavy (non-hydrogen) atoms. The van der Waals surface area contributed by atoms with Gasteiger partial charge in [0.1, 0.15) is 23.5 Å². The highest BCUT2D eigenvalue weighted by molar-refractivity contribution is 5.93. The van der Waals surface area contributed by atoms with Crippen LogP contribution in [0.5, 0.6) is 0 Å². The molecular formula is C33H36O4. The topological polar surface area (TPSA) is 52.6 Å². The average Bonchev–Trinajstić information content (AvgIpc) is 3.52. The van der Waals surface area contributed by atoms with E-state index in [-0.39, 0.29) is 30.1 Å². The minimum absolute atomic E-state index is 0.0125. The Labute approximate surface area is 220 Å². The van der Waals surface area contributed by atoms with Crippen molar-refractivity contribution in [2.75, 3.05) is 6.61 Å². The molecule has 2 aliphatic rings. The maximum absolute atomic E-state index is 14.4. The summed E-state index contributed by atoms with van der Waals surface area (Å²) in [6.07, 6.45) is 5.84. The van der Waals surface area contributed by atoms with Crippen LogP contribution in [0.4, 0.5) is 0 Å². The average molecular weight is 497 g/mol. The van der Waals surface area contributed by atoms with Crippen LogP contribution in [-0.4, -0.2) is 24.6 Å². The van der Waals surface area contributed by atoms with E-state index >= 15 is 0 Å². The molecule has 0 heterocycles. The zero-order valence-electron chi connectivity index (χ0n) is 21.8. The van der Waals surface area contributed by atoms with E-state index in [0.29, 0.717) is 6.42 Å². The van der Waals surface area contributed by atoms with Gasteiger partial charge < -0.3 is 9.47 Å². The molecule has 0 bridgehead atoms. The molecule has 0 N–H and O–H groups in total. The number of esters is 2. The molecule has 0 aliphatic heterocycles. The molecule has 1 atom stereocenters. The third kappa shape index (κ3) is 4.58. The van der Waals surface area contributed by atoms with Crippen LogP contribution < -0.4 is 0 Å². The molecule has 3 aromatic rings. The molecule has 2 aliphatic carbocycles. The van der Waals surface area contributed by atoms with E-state index in [1.807, 2.05) is 91.0 Å². The van der Waals surface area contributed by atoms with Gasteiger partial charge in [0.05, 0.1) is 0 Å². The lowest BCUT2D eigenvalue weighted by Gasteiger charge is -2.34. The fourth-order valence-electron chi connectivity index (χ4n) is 6.03. The lowest BCUT2D eigenvalue weighted by atomic mass is 9.69. The molecule has 0 aromatic heterocycles. The molecule has 2 fully saturated rings. The van der Waals surface area contributed by atoms with Crippen LogP contribution in [0, 0.1) is 10.8 Å². The summed E-state index contributed by atoms with van der Waals surface area (Å²) in [5.74, 6) is -0.606. The molecule has 0 radical (unpaired) electrons. The summed E-state index contributed by atoms with van der Waals surface area (Å²) in [6, 6.07) is 29.3. The molecule has 0 spiro atoms. The molecule has 0 amide bonds. The van der Waals surface area contributed by atoms with Gasteiger partial charge in [-0.15, -0.1) is 0 Å². The van der Waals surface area contributed by atoms with E-state index in [1.54, 1.807) is 0 Å². The zero-order valence-corrected chi connectivity index (χ0v) is 21.8. The number of ether oxygens (including phenoxy) is 2. The minimum atomic E-state index is -1.17. The molecule has 3 aromatic carbocycles. The third-order valence-corrected chi connectivity index (χ3v) is 8.51. The summed E-state index contributed by atoms with van der Waals surface area (Å²) in [4.78, 5) is 27.9. The number of hydrogen-bond donors (Lipinski definition) is 0. The van der Waals surface area contributed by atoms with E-state index in [2.05, 4.69) is 13.8 Å². The van der Waals surface area contributed by atoms with Gasteiger partial charge in [0.15, 0.2) is 0 Å². The van der Waals surface area contributed by atoms with Crippen LogP contribution in [0.15, 0.2) is 91.0 Å². The fraction of sp³-hybridized carbons (Fsp3) is 0.394. The van der Waals surface area contributed by atoms with Gasteiger partial charge in [0.2, 0.25) is 0 Å². The standard InChI is InChI=1S/C33H36O4/c1-31(2)23-32(31,29(34)37-28-21-13-6-14-22-28)24-36-30(35)33(25-15-7-3-8-16-25,26-17-9-4-10-18-26)27-19-11-5-12-20-27/h3-5,7-12,15-20,28H,6,13-14,21-24H2,1-2H3. The second kappa shape index (κ2) is 10.2. The zero-order chi connectivity index (χ0) is 25.9. The largest absolute Gasteiger partial charge is 0.463 e. The van der Waals surface area contributed by atoms with E-state index in [9.17, 15) is 9.59 Å². The first-order valence-corrected chi connectivity index (χ1v) is 13.5. The number of benzene rings is 3. The highest BCUT2D eigenvalue weighted by Crippen LogP contribution is 2.64. The molecule has 5 rings (SSSR count). The van der Waals surface area contributed by atoms with Crippen molar-refractivity contribution in [2.24, 2.45) is 10.8 Å². The smallest absolute Gasteiger partial charge is 0.325 e. The predicted octanol–water partition coefficient (Wildman–Crippen LogP) is 6.86. The minimum Gasteiger partial charge on any atom is -0.463 e. The number of rotatable bonds is 8. The molecule has 4 nitrogen and oxygen atoms in total. The van der Waals surface area contributed by atoms with Crippen LogP contribution in [0.25, 0.3) is 0 Å². The highest BCUT2D eigenvalue weighted by Gasteiger charge is 2.69. The highest BCUT2D eigenvalue weighted by atomic mass is 16.6. The Morgan fingerprint density at radius 1 is 0.757 bits per heavy atom. The summed E-state index contributed by atoms with van der Waals surface area (Å²) in [5, 5.41) is 0. The Morgan fingerprint density at radius 2 is 1.19 bits per heavy atom. The van der Waals surface area contributed by atoms with Gasteiger partial charge in [-0.1, -0.05) is 111 Å². The van der Waals surface area contributed by atoms with Crippen molar-refractivity contribution in [3.8, 4) is 0 Å². The van der Waals surface area contributed by atoms with E-state index in [1.165, 1.54) is 6.42 Å². The Hall–Kier alpha value is -3.40. The Balaban J connectivity index is 1.50. The maximum Gasteiger partial charge on any atom is 0.325 e. The second-order valence-electron chi connectivity index (χ2n) is 11.2. The van der Waals surface area contributed by atoms with Crippen LogP contribution in [0.3, 0.4) is 0 Å². The van der Waals surface area contributed by atoms with Crippen LogP contribution >= 0.6 is 0 Å². The van der Waals surface area contributed by atoms with Crippen molar-refractivity contribution in [1.82, 2.24) is 0 Å². The second-order valence-corrected chi connectivity index (χ2v) is 11.2. The Morgan fingerprint density at radius 3 is 1.59 bits per heavy atom. The van der Waals surface area contributed by atoms with Gasteiger partial charge in [-0.05, 0) is 54.2 Å². The molecule has 192 valence electrons. The quantitative estimate of drug-likeness (QED) is 0.253. The van der Waals surface area contributed by atoms with Crippen LogP contribution in [0.2, 0.25) is 0 Å². The van der Waals surface area contributed by atoms with Gasteiger partial charge in [0, 0.05) is 0 Å². The normalized spacial score (nSPS) is 21.1. The molecule has 4 heteroatoms. The van der Waals surface area contributed by atoms with Crippen molar-refractivity contribution >= 4 is 11.9 Å². The van der Waals surface area contributed by atoms with E-state index in [0.717, 1.165) is 42.4 Å². The van der Waals surface area contributed by atoms with Gasteiger partial charge in [-0.2, -0.15) is 0 Å². The maximum atomic E-state index is 14.4. The van der Waals surface area contributed by atoms with E-state index < -0.39 is 10.8 Å². The van der Waals surface area contributed by atoms with Gasteiger partial charge in [-0.25, -0.2) is 0 Å². The third-order valence-electron chi connectivity index (χ3n) is 8.51. The molecule has 1 unspecified atom stereocenters. The van der Waals surface area contributed by atoms with Crippen molar-refractivity contribution in [1.29, 1.82) is 0 Å². The Bertz CT molecular complexity index is 1120.